The first-order chi connectivity index (χ1) is 14.4. The fourth-order valence-corrected chi connectivity index (χ4v) is 3.25. The van der Waals surface area contributed by atoms with E-state index in [0.717, 1.165) is 25.9 Å². The van der Waals surface area contributed by atoms with Crippen LogP contribution >= 0.6 is 12.2 Å². The molecule has 1 heterocycles. The molecule has 1 saturated heterocycles. The van der Waals surface area contributed by atoms with Crippen molar-refractivity contribution >= 4 is 46.6 Å². The van der Waals surface area contributed by atoms with E-state index in [1.807, 2.05) is 4.90 Å². The van der Waals surface area contributed by atoms with Crippen molar-refractivity contribution in [2.75, 3.05) is 18.4 Å². The number of nitrogens with zero attached hydrogens (tertiary/aromatic N) is 2. The molecular formula is C21H20N4O4S. The Morgan fingerprint density at radius 3 is 2.47 bits per heavy atom. The van der Waals surface area contributed by atoms with Gasteiger partial charge < -0.3 is 10.2 Å². The summed E-state index contributed by atoms with van der Waals surface area (Å²) < 4.78 is 0. The zero-order valence-corrected chi connectivity index (χ0v) is 16.9. The Morgan fingerprint density at radius 2 is 1.80 bits per heavy atom. The molecule has 3 rings (SSSR count). The Hall–Kier alpha value is -3.59. The number of nitrogens with one attached hydrogen (secondary N) is 2. The van der Waals surface area contributed by atoms with Gasteiger partial charge in [0, 0.05) is 42.5 Å². The second-order valence-electron chi connectivity index (χ2n) is 6.71. The number of non-ortho nitro benzene ring substituents is 1. The average Bonchev–Trinajstić information content (AvgIpc) is 3.27. The third kappa shape index (κ3) is 5.71. The summed E-state index contributed by atoms with van der Waals surface area (Å²) in [7, 11) is 0. The summed E-state index contributed by atoms with van der Waals surface area (Å²) in [5, 5.41) is 16.3. The van der Waals surface area contributed by atoms with Gasteiger partial charge in [-0.05, 0) is 61.0 Å². The zero-order valence-electron chi connectivity index (χ0n) is 16.0. The van der Waals surface area contributed by atoms with Crippen LogP contribution in [0.4, 0.5) is 11.4 Å². The third-order valence-corrected chi connectivity index (χ3v) is 4.73. The van der Waals surface area contributed by atoms with Gasteiger partial charge in [-0.25, -0.2) is 0 Å². The minimum Gasteiger partial charge on any atom is -0.339 e. The molecule has 154 valence electrons. The van der Waals surface area contributed by atoms with Crippen molar-refractivity contribution in [2.45, 2.75) is 12.8 Å². The number of thiocarbonyl (C=S) groups is 1. The van der Waals surface area contributed by atoms with Gasteiger partial charge in [0.25, 0.3) is 11.6 Å². The van der Waals surface area contributed by atoms with Gasteiger partial charge in [-0.15, -0.1) is 0 Å². The molecule has 0 spiro atoms. The first kappa shape index (κ1) is 21.1. The quantitative estimate of drug-likeness (QED) is 0.330. The minimum atomic E-state index is -0.500. The Labute approximate surface area is 178 Å². The van der Waals surface area contributed by atoms with Crippen LogP contribution < -0.4 is 10.6 Å². The first-order valence-electron chi connectivity index (χ1n) is 9.36. The smallest absolute Gasteiger partial charge is 0.270 e. The summed E-state index contributed by atoms with van der Waals surface area (Å²) in [5.74, 6) is -0.457. The molecule has 0 aromatic heterocycles. The zero-order chi connectivity index (χ0) is 21.5. The van der Waals surface area contributed by atoms with Crippen LogP contribution in [0.25, 0.3) is 6.08 Å². The number of nitro groups is 1. The van der Waals surface area contributed by atoms with Crippen LogP contribution in [-0.2, 0) is 4.79 Å². The number of anilines is 1. The molecule has 0 radical (unpaired) electrons. The normalized spacial score (nSPS) is 13.3. The molecule has 1 fully saturated rings. The summed E-state index contributed by atoms with van der Waals surface area (Å²) in [6.45, 7) is 1.58. The highest BCUT2D eigenvalue weighted by Gasteiger charge is 2.19. The fourth-order valence-electron chi connectivity index (χ4n) is 3.03. The summed E-state index contributed by atoms with van der Waals surface area (Å²) in [4.78, 5) is 36.5. The molecule has 0 bridgehead atoms. The van der Waals surface area contributed by atoms with Gasteiger partial charge in [-0.1, -0.05) is 12.1 Å². The number of carbonyl (C=O) groups is 2. The molecule has 0 unspecified atom stereocenters. The Bertz CT molecular complexity index is 998. The maximum Gasteiger partial charge on any atom is 0.270 e. The highest BCUT2D eigenvalue weighted by atomic mass is 32.1. The van der Waals surface area contributed by atoms with Gasteiger partial charge in [0.15, 0.2) is 5.11 Å². The first-order valence-corrected chi connectivity index (χ1v) is 9.77. The monoisotopic (exact) mass is 424 g/mol. The SMILES string of the molecule is O=C(/C=C/c1cccc([N+](=O)[O-])c1)NC(=S)Nc1ccc(C(=O)N2CCCC2)cc1. The molecule has 2 aromatic carbocycles. The predicted molar refractivity (Wildman–Crippen MR) is 118 cm³/mol. The second-order valence-corrected chi connectivity index (χ2v) is 7.11. The van der Waals surface area contributed by atoms with Gasteiger partial charge >= 0.3 is 0 Å². The Morgan fingerprint density at radius 1 is 1.10 bits per heavy atom. The standard InChI is InChI=1S/C21H20N4O4S/c26-19(11-6-15-4-3-5-18(14-15)25(28)29)23-21(30)22-17-9-7-16(8-10-17)20(27)24-12-1-2-13-24/h3-11,14H,1-2,12-13H2,(H2,22,23,26,30)/b11-6+. The van der Waals surface area contributed by atoms with Gasteiger partial charge in [-0.3, -0.25) is 25.0 Å². The number of hydrogen-bond acceptors (Lipinski definition) is 5. The molecule has 8 nitrogen and oxygen atoms in total. The van der Waals surface area contributed by atoms with Crippen LogP contribution in [0, 0.1) is 10.1 Å². The maximum absolute atomic E-state index is 12.4. The maximum atomic E-state index is 12.4. The number of rotatable bonds is 5. The fraction of sp³-hybridized carbons (Fsp3) is 0.190. The largest absolute Gasteiger partial charge is 0.339 e. The Kier molecular flexibility index (Phi) is 6.87. The lowest BCUT2D eigenvalue weighted by Crippen LogP contribution is -2.32. The van der Waals surface area contributed by atoms with Crippen LogP contribution in [0.1, 0.15) is 28.8 Å². The van der Waals surface area contributed by atoms with E-state index in [2.05, 4.69) is 10.6 Å². The molecular weight excluding hydrogens is 404 g/mol. The molecule has 2 aromatic rings. The van der Waals surface area contributed by atoms with E-state index >= 15 is 0 Å². The van der Waals surface area contributed by atoms with E-state index in [1.54, 1.807) is 36.4 Å². The van der Waals surface area contributed by atoms with Gasteiger partial charge in [0.1, 0.15) is 0 Å². The van der Waals surface area contributed by atoms with E-state index in [1.165, 1.54) is 24.3 Å². The van der Waals surface area contributed by atoms with E-state index in [9.17, 15) is 19.7 Å². The van der Waals surface area contributed by atoms with Gasteiger partial charge in [0.2, 0.25) is 5.91 Å². The topological polar surface area (TPSA) is 105 Å². The number of nitro benzene ring substituents is 1. The molecule has 0 atom stereocenters. The second kappa shape index (κ2) is 9.75. The van der Waals surface area contributed by atoms with E-state index < -0.39 is 10.8 Å². The number of hydrogen-bond donors (Lipinski definition) is 2. The van der Waals surface area contributed by atoms with Crippen molar-refractivity contribution in [1.29, 1.82) is 0 Å². The average molecular weight is 424 g/mol. The lowest BCUT2D eigenvalue weighted by molar-refractivity contribution is -0.384. The highest BCUT2D eigenvalue weighted by Crippen LogP contribution is 2.16. The van der Waals surface area contributed by atoms with Crippen molar-refractivity contribution in [3.05, 3.63) is 75.8 Å². The summed E-state index contributed by atoms with van der Waals surface area (Å²) >= 11 is 5.13. The number of carbonyl (C=O) groups excluding carboxylic acids is 2. The van der Waals surface area contributed by atoms with Crippen molar-refractivity contribution in [3.8, 4) is 0 Å². The number of benzene rings is 2. The van der Waals surface area contributed by atoms with Gasteiger partial charge in [0.05, 0.1) is 4.92 Å². The molecule has 2 N–H and O–H groups in total. The van der Waals surface area contributed by atoms with Crippen molar-refractivity contribution in [1.82, 2.24) is 10.2 Å². The van der Waals surface area contributed by atoms with Crippen LogP contribution in [0.15, 0.2) is 54.6 Å². The summed E-state index contributed by atoms with van der Waals surface area (Å²) in [5.41, 5.74) is 1.72. The van der Waals surface area contributed by atoms with Gasteiger partial charge in [-0.2, -0.15) is 0 Å². The molecule has 1 aliphatic heterocycles. The van der Waals surface area contributed by atoms with Crippen LogP contribution in [0.3, 0.4) is 0 Å². The summed E-state index contributed by atoms with van der Waals surface area (Å²) in [6, 6.07) is 12.8. The lowest BCUT2D eigenvalue weighted by Gasteiger charge is -2.15. The molecule has 2 amide bonds. The van der Waals surface area contributed by atoms with Crippen molar-refractivity contribution < 1.29 is 14.5 Å². The van der Waals surface area contributed by atoms with E-state index in [4.69, 9.17) is 12.2 Å². The van der Waals surface area contributed by atoms with Crippen LogP contribution in [-0.4, -0.2) is 39.8 Å². The highest BCUT2D eigenvalue weighted by molar-refractivity contribution is 7.80. The number of likely N-dealkylation sites (tertiary alicyclic amines) is 1. The lowest BCUT2D eigenvalue weighted by atomic mass is 10.2. The molecule has 1 aliphatic rings. The molecule has 0 saturated carbocycles. The third-order valence-electron chi connectivity index (χ3n) is 4.53. The van der Waals surface area contributed by atoms with Crippen LogP contribution in [0.5, 0.6) is 0 Å². The van der Waals surface area contributed by atoms with E-state index in [0.29, 0.717) is 16.8 Å². The number of amides is 2. The Balaban J connectivity index is 1.52. The predicted octanol–water partition coefficient (Wildman–Crippen LogP) is 3.36. The van der Waals surface area contributed by atoms with Crippen molar-refractivity contribution in [2.24, 2.45) is 0 Å². The minimum absolute atomic E-state index is 0.0150. The summed E-state index contributed by atoms with van der Waals surface area (Å²) in [6.07, 6.45) is 4.78. The van der Waals surface area contributed by atoms with Crippen molar-refractivity contribution in [3.63, 3.8) is 0 Å². The molecule has 30 heavy (non-hydrogen) atoms. The van der Waals surface area contributed by atoms with Crippen LogP contribution in [0.2, 0.25) is 0 Å². The molecule has 9 heteroatoms. The molecule has 0 aliphatic carbocycles. The van der Waals surface area contributed by atoms with E-state index in [-0.39, 0.29) is 16.7 Å².